The van der Waals surface area contributed by atoms with Gasteiger partial charge in [0.1, 0.15) is 10.9 Å². The summed E-state index contributed by atoms with van der Waals surface area (Å²) in [4.78, 5) is 31.1. The molecule has 0 radical (unpaired) electrons. The first-order chi connectivity index (χ1) is 11.9. The van der Waals surface area contributed by atoms with Gasteiger partial charge in [0.05, 0.1) is 18.3 Å². The lowest BCUT2D eigenvalue weighted by Gasteiger charge is -2.13. The first-order valence-corrected chi connectivity index (χ1v) is 9.06. The van der Waals surface area contributed by atoms with E-state index in [1.807, 2.05) is 19.1 Å². The molecule has 0 aliphatic heterocycles. The number of nitrogens with zero attached hydrogens (tertiary/aromatic N) is 2. The van der Waals surface area contributed by atoms with Crippen LogP contribution in [0, 0.1) is 6.92 Å². The Kier molecular flexibility index (Phi) is 4.92. The van der Waals surface area contributed by atoms with Crippen LogP contribution in [0.25, 0.3) is 21.3 Å². The summed E-state index contributed by atoms with van der Waals surface area (Å²) in [6, 6.07) is 6.60. The minimum absolute atomic E-state index is 0.250. The van der Waals surface area contributed by atoms with Gasteiger partial charge in [-0.3, -0.25) is 9.36 Å². The van der Waals surface area contributed by atoms with Gasteiger partial charge in [-0.05, 0) is 38.5 Å². The van der Waals surface area contributed by atoms with Gasteiger partial charge in [0, 0.05) is 15.5 Å². The van der Waals surface area contributed by atoms with Crippen molar-refractivity contribution in [3.8, 4) is 11.1 Å². The summed E-state index contributed by atoms with van der Waals surface area (Å²) in [5, 5.41) is 1.15. The second-order valence-corrected chi connectivity index (χ2v) is 7.24. The van der Waals surface area contributed by atoms with E-state index < -0.39 is 12.0 Å². The van der Waals surface area contributed by atoms with Gasteiger partial charge >= 0.3 is 5.97 Å². The van der Waals surface area contributed by atoms with Gasteiger partial charge in [0.2, 0.25) is 0 Å². The summed E-state index contributed by atoms with van der Waals surface area (Å²) < 4.78 is 6.35. The van der Waals surface area contributed by atoms with Crippen LogP contribution in [0.5, 0.6) is 0 Å². The monoisotopic (exact) mass is 376 g/mol. The number of hydrogen-bond acceptors (Lipinski definition) is 5. The summed E-state index contributed by atoms with van der Waals surface area (Å²) in [6.45, 7) is 5.58. The van der Waals surface area contributed by atoms with Crippen molar-refractivity contribution in [3.05, 3.63) is 50.8 Å². The standard InChI is InChI=1S/C18H17ClN2O3S/c1-4-24-18(23)10(2)21-9-20-16-15(17(21)22)14(11(3)25-16)12-5-7-13(19)8-6-12/h5-10H,4H2,1-3H3/t10-/m1/s1. The van der Waals surface area contributed by atoms with Crippen molar-refractivity contribution in [2.45, 2.75) is 26.8 Å². The zero-order chi connectivity index (χ0) is 18.1. The molecule has 0 amide bonds. The Morgan fingerprint density at radius 1 is 1.36 bits per heavy atom. The number of hydrogen-bond donors (Lipinski definition) is 0. The number of fused-ring (bicyclic) bond motifs is 1. The molecule has 3 aromatic rings. The predicted molar refractivity (Wildman–Crippen MR) is 100 cm³/mol. The number of aromatic nitrogens is 2. The van der Waals surface area contributed by atoms with Crippen LogP contribution in [-0.4, -0.2) is 22.1 Å². The van der Waals surface area contributed by atoms with E-state index in [9.17, 15) is 9.59 Å². The van der Waals surface area contributed by atoms with E-state index in [2.05, 4.69) is 4.98 Å². The fourth-order valence-corrected chi connectivity index (χ4v) is 3.86. The van der Waals surface area contributed by atoms with Gasteiger partial charge in [-0.25, -0.2) is 9.78 Å². The summed E-state index contributed by atoms with van der Waals surface area (Å²) in [7, 11) is 0. The smallest absolute Gasteiger partial charge is 0.328 e. The first-order valence-electron chi connectivity index (χ1n) is 7.86. The molecular formula is C18H17ClN2O3S. The zero-order valence-electron chi connectivity index (χ0n) is 14.1. The second kappa shape index (κ2) is 6.98. The summed E-state index contributed by atoms with van der Waals surface area (Å²) in [5.74, 6) is -0.453. The molecule has 0 bridgehead atoms. The summed E-state index contributed by atoms with van der Waals surface area (Å²) >= 11 is 7.42. The Morgan fingerprint density at radius 3 is 2.68 bits per heavy atom. The molecule has 1 aromatic carbocycles. The molecule has 0 saturated carbocycles. The number of carbonyl (C=O) groups is 1. The van der Waals surface area contributed by atoms with Crippen molar-refractivity contribution < 1.29 is 9.53 Å². The van der Waals surface area contributed by atoms with Crippen LogP contribution < -0.4 is 5.56 Å². The fourth-order valence-electron chi connectivity index (χ4n) is 2.73. The molecule has 0 unspecified atom stereocenters. The highest BCUT2D eigenvalue weighted by Crippen LogP contribution is 2.36. The molecule has 1 atom stereocenters. The molecule has 130 valence electrons. The number of ether oxygens (including phenoxy) is 1. The average molecular weight is 377 g/mol. The molecule has 7 heteroatoms. The molecule has 2 heterocycles. The van der Waals surface area contributed by atoms with Crippen molar-refractivity contribution >= 4 is 39.1 Å². The lowest BCUT2D eigenvalue weighted by molar-refractivity contribution is -0.146. The number of benzene rings is 1. The van der Waals surface area contributed by atoms with Crippen LogP contribution >= 0.6 is 22.9 Å². The molecule has 0 spiro atoms. The molecule has 25 heavy (non-hydrogen) atoms. The Morgan fingerprint density at radius 2 is 2.04 bits per heavy atom. The van der Waals surface area contributed by atoms with E-state index in [4.69, 9.17) is 16.3 Å². The summed E-state index contributed by atoms with van der Waals surface area (Å²) in [6.07, 6.45) is 1.41. The van der Waals surface area contributed by atoms with E-state index >= 15 is 0 Å². The molecule has 0 saturated heterocycles. The van der Waals surface area contributed by atoms with Crippen molar-refractivity contribution in [2.75, 3.05) is 6.61 Å². The third kappa shape index (κ3) is 3.19. The molecule has 0 N–H and O–H groups in total. The molecule has 0 aliphatic carbocycles. The predicted octanol–water partition coefficient (Wildman–Crippen LogP) is 4.21. The number of thiophene rings is 1. The van der Waals surface area contributed by atoms with Crippen LogP contribution in [0.2, 0.25) is 5.02 Å². The lowest BCUT2D eigenvalue weighted by Crippen LogP contribution is -2.29. The maximum Gasteiger partial charge on any atom is 0.328 e. The highest BCUT2D eigenvalue weighted by Gasteiger charge is 2.22. The minimum atomic E-state index is -0.734. The van der Waals surface area contributed by atoms with Gasteiger partial charge in [0.15, 0.2) is 0 Å². The Hall–Kier alpha value is -2.18. The number of rotatable bonds is 4. The van der Waals surface area contributed by atoms with E-state index in [1.165, 1.54) is 22.2 Å². The Bertz CT molecular complexity index is 992. The molecule has 2 aromatic heterocycles. The van der Waals surface area contributed by atoms with Gasteiger partial charge < -0.3 is 4.74 Å². The fraction of sp³-hybridized carbons (Fsp3) is 0.278. The summed E-state index contributed by atoms with van der Waals surface area (Å²) in [5.41, 5.74) is 1.48. The highest BCUT2D eigenvalue weighted by molar-refractivity contribution is 7.19. The number of halogens is 1. The van der Waals surface area contributed by atoms with Crippen molar-refractivity contribution in [1.29, 1.82) is 0 Å². The average Bonchev–Trinajstić information content (AvgIpc) is 2.92. The third-order valence-electron chi connectivity index (χ3n) is 3.99. The SMILES string of the molecule is CCOC(=O)[C@@H](C)n1cnc2sc(C)c(-c3ccc(Cl)cc3)c2c1=O. The topological polar surface area (TPSA) is 61.2 Å². The quantitative estimate of drug-likeness (QED) is 0.640. The van der Waals surface area contributed by atoms with Gasteiger partial charge in [-0.2, -0.15) is 0 Å². The van der Waals surface area contributed by atoms with Crippen LogP contribution in [0.4, 0.5) is 0 Å². The van der Waals surface area contributed by atoms with Crippen LogP contribution in [-0.2, 0) is 9.53 Å². The third-order valence-corrected chi connectivity index (χ3v) is 5.26. The number of esters is 1. The van der Waals surface area contributed by atoms with E-state index in [1.54, 1.807) is 26.0 Å². The minimum Gasteiger partial charge on any atom is -0.464 e. The zero-order valence-corrected chi connectivity index (χ0v) is 15.6. The molecule has 0 aliphatic rings. The Labute approximate surface area is 153 Å². The van der Waals surface area contributed by atoms with E-state index in [-0.39, 0.29) is 12.2 Å². The number of aryl methyl sites for hydroxylation is 1. The molecule has 0 fully saturated rings. The number of carbonyl (C=O) groups excluding carboxylic acids is 1. The van der Waals surface area contributed by atoms with Gasteiger partial charge in [0.25, 0.3) is 5.56 Å². The van der Waals surface area contributed by atoms with Gasteiger partial charge in [-0.15, -0.1) is 11.3 Å². The maximum absolute atomic E-state index is 13.0. The Balaban J connectivity index is 2.21. The van der Waals surface area contributed by atoms with Crippen molar-refractivity contribution in [2.24, 2.45) is 0 Å². The molecular weight excluding hydrogens is 360 g/mol. The highest BCUT2D eigenvalue weighted by atomic mass is 35.5. The van der Waals surface area contributed by atoms with Crippen LogP contribution in [0.3, 0.4) is 0 Å². The second-order valence-electron chi connectivity index (χ2n) is 5.61. The maximum atomic E-state index is 13.0. The lowest BCUT2D eigenvalue weighted by atomic mass is 10.0. The van der Waals surface area contributed by atoms with E-state index in [0.29, 0.717) is 15.2 Å². The molecule has 3 rings (SSSR count). The van der Waals surface area contributed by atoms with Gasteiger partial charge in [-0.1, -0.05) is 23.7 Å². The van der Waals surface area contributed by atoms with Crippen molar-refractivity contribution in [1.82, 2.24) is 9.55 Å². The van der Waals surface area contributed by atoms with E-state index in [0.717, 1.165) is 16.0 Å². The van der Waals surface area contributed by atoms with Crippen molar-refractivity contribution in [3.63, 3.8) is 0 Å². The molecule has 5 nitrogen and oxygen atoms in total. The first kappa shape index (κ1) is 17.6. The largest absolute Gasteiger partial charge is 0.464 e. The normalized spacial score (nSPS) is 12.3. The van der Waals surface area contributed by atoms with Crippen LogP contribution in [0.1, 0.15) is 24.8 Å². The van der Waals surface area contributed by atoms with Crippen LogP contribution in [0.15, 0.2) is 35.4 Å².